The van der Waals surface area contributed by atoms with E-state index in [1.54, 1.807) is 6.92 Å². The van der Waals surface area contributed by atoms with Crippen LogP contribution in [0.4, 0.5) is 17.6 Å². The van der Waals surface area contributed by atoms with E-state index in [1.165, 1.54) is 0 Å². The van der Waals surface area contributed by atoms with Crippen molar-refractivity contribution in [2.75, 3.05) is 13.3 Å². The van der Waals surface area contributed by atoms with Crippen LogP contribution >= 0.6 is 0 Å². The zero-order valence-corrected chi connectivity index (χ0v) is 10.9. The molecular weight excluding hydrogens is 236 g/mol. The van der Waals surface area contributed by atoms with Crippen LogP contribution in [0.2, 0.25) is 0 Å². The molecule has 0 aromatic heterocycles. The van der Waals surface area contributed by atoms with Gasteiger partial charge in [0.1, 0.15) is 0 Å². The summed E-state index contributed by atoms with van der Waals surface area (Å²) in [5.41, 5.74) is 0. The van der Waals surface area contributed by atoms with Gasteiger partial charge in [0.15, 0.2) is 0 Å². The molecule has 0 bridgehead atoms. The predicted molar refractivity (Wildman–Crippen MR) is 61.9 cm³/mol. The Morgan fingerprint density at radius 1 is 1.12 bits per heavy atom. The van der Waals surface area contributed by atoms with Gasteiger partial charge in [0, 0.05) is 0 Å². The van der Waals surface area contributed by atoms with Crippen LogP contribution in [-0.4, -0.2) is 25.6 Å². The van der Waals surface area contributed by atoms with E-state index in [0.29, 0.717) is 6.42 Å². The van der Waals surface area contributed by atoms with Gasteiger partial charge in [-0.1, -0.05) is 26.7 Å². The number of halogens is 4. The van der Waals surface area contributed by atoms with Crippen molar-refractivity contribution in [2.45, 2.75) is 65.2 Å². The average Bonchev–Trinajstić information content (AvgIpc) is 2.25. The first-order valence-corrected chi connectivity index (χ1v) is 6.11. The number of ether oxygens (including phenoxy) is 1. The Kier molecular flexibility index (Phi) is 13.6. The van der Waals surface area contributed by atoms with Gasteiger partial charge < -0.3 is 4.74 Å². The van der Waals surface area contributed by atoms with Crippen molar-refractivity contribution in [3.8, 4) is 0 Å². The number of rotatable bonds is 7. The monoisotopic (exact) mass is 260 g/mol. The number of alkyl halides is 4. The fourth-order valence-corrected chi connectivity index (χ4v) is 0.951. The Hall–Kier alpha value is -0.320. The Morgan fingerprint density at radius 3 is 2.00 bits per heavy atom. The van der Waals surface area contributed by atoms with Crippen LogP contribution in [0.5, 0.6) is 0 Å². The minimum Gasteiger partial charge on any atom is -0.378 e. The second-order valence-electron chi connectivity index (χ2n) is 3.88. The Bertz CT molecular complexity index is 146. The van der Waals surface area contributed by atoms with Crippen LogP contribution in [-0.2, 0) is 4.74 Å². The number of hydrogen-bond donors (Lipinski definition) is 0. The summed E-state index contributed by atoms with van der Waals surface area (Å²) in [5.74, 6) is 0. The molecule has 1 atom stereocenters. The van der Waals surface area contributed by atoms with Gasteiger partial charge in [0.2, 0.25) is 0 Å². The van der Waals surface area contributed by atoms with Crippen molar-refractivity contribution in [1.82, 2.24) is 0 Å². The lowest BCUT2D eigenvalue weighted by Gasteiger charge is -2.13. The van der Waals surface area contributed by atoms with Gasteiger partial charge in [0.05, 0.1) is 25.8 Å². The molecule has 0 fully saturated rings. The third kappa shape index (κ3) is 21.5. The van der Waals surface area contributed by atoms with Gasteiger partial charge in [-0.05, 0) is 19.8 Å². The van der Waals surface area contributed by atoms with Gasteiger partial charge in [0.25, 0.3) is 0 Å². The van der Waals surface area contributed by atoms with Crippen LogP contribution in [0.15, 0.2) is 0 Å². The molecule has 0 heterocycles. The lowest BCUT2D eigenvalue weighted by atomic mass is 10.2. The maximum absolute atomic E-state index is 11.7. The van der Waals surface area contributed by atoms with Gasteiger partial charge in [-0.25, -0.2) is 0 Å². The first-order valence-electron chi connectivity index (χ1n) is 6.11. The molecule has 17 heavy (non-hydrogen) atoms. The Morgan fingerprint density at radius 2 is 1.65 bits per heavy atom. The van der Waals surface area contributed by atoms with E-state index < -0.39 is 12.6 Å². The topological polar surface area (TPSA) is 9.23 Å². The highest BCUT2D eigenvalue weighted by Gasteiger charge is 2.26. The standard InChI is InChI=1S/C9H17F3O.C3H7F/c1-3-4-5-8(2)13-7-6-9(10,11)12;1-2-3-4/h8H,3-7H2,1-2H3;2-3H2,1H3/t8-;/m0./s1. The van der Waals surface area contributed by atoms with Crippen LogP contribution in [0.25, 0.3) is 0 Å². The third-order valence-electron chi connectivity index (χ3n) is 1.94. The molecule has 0 radical (unpaired) electrons. The first-order chi connectivity index (χ1) is 7.87. The van der Waals surface area contributed by atoms with E-state index >= 15 is 0 Å². The van der Waals surface area contributed by atoms with Gasteiger partial charge in [-0.2, -0.15) is 13.2 Å². The molecule has 0 aromatic carbocycles. The molecule has 5 heteroatoms. The van der Waals surface area contributed by atoms with Crippen molar-refractivity contribution in [2.24, 2.45) is 0 Å². The molecule has 0 aliphatic heterocycles. The molecule has 0 rings (SSSR count). The molecule has 0 spiro atoms. The van der Waals surface area contributed by atoms with E-state index in [9.17, 15) is 17.6 Å². The molecule has 0 unspecified atom stereocenters. The normalized spacial score (nSPS) is 12.9. The van der Waals surface area contributed by atoms with E-state index in [4.69, 9.17) is 4.74 Å². The summed E-state index contributed by atoms with van der Waals surface area (Å²) in [6.07, 6.45) is -1.44. The summed E-state index contributed by atoms with van der Waals surface area (Å²) in [5, 5.41) is 0. The quantitative estimate of drug-likeness (QED) is 0.591. The Labute approximate surface area is 102 Å². The smallest absolute Gasteiger partial charge is 0.378 e. The molecule has 0 N–H and O–H groups in total. The highest BCUT2D eigenvalue weighted by molar-refractivity contribution is 4.53. The second kappa shape index (κ2) is 12.1. The minimum absolute atomic E-state index is 0.0534. The van der Waals surface area contributed by atoms with E-state index in [-0.39, 0.29) is 19.4 Å². The highest BCUT2D eigenvalue weighted by Crippen LogP contribution is 2.19. The van der Waals surface area contributed by atoms with Gasteiger partial charge in [-0.15, -0.1) is 0 Å². The van der Waals surface area contributed by atoms with Gasteiger partial charge in [-0.3, -0.25) is 4.39 Å². The van der Waals surface area contributed by atoms with Crippen LogP contribution < -0.4 is 0 Å². The third-order valence-corrected chi connectivity index (χ3v) is 1.94. The van der Waals surface area contributed by atoms with Crippen LogP contribution in [0.3, 0.4) is 0 Å². The summed E-state index contributed by atoms with van der Waals surface area (Å²) < 4.78 is 50.8. The fourth-order valence-electron chi connectivity index (χ4n) is 0.951. The predicted octanol–water partition coefficient (Wildman–Crippen LogP) is 4.90. The van der Waals surface area contributed by atoms with E-state index in [0.717, 1.165) is 19.3 Å². The van der Waals surface area contributed by atoms with E-state index in [2.05, 4.69) is 0 Å². The van der Waals surface area contributed by atoms with Crippen LogP contribution in [0, 0.1) is 0 Å². The lowest BCUT2D eigenvalue weighted by Crippen LogP contribution is -2.15. The largest absolute Gasteiger partial charge is 0.391 e. The molecule has 1 nitrogen and oxygen atoms in total. The van der Waals surface area contributed by atoms with Crippen molar-refractivity contribution in [3.63, 3.8) is 0 Å². The zero-order valence-electron chi connectivity index (χ0n) is 10.9. The number of unbranched alkanes of at least 4 members (excludes halogenated alkanes) is 1. The summed E-state index contributed by atoms with van der Waals surface area (Å²) in [7, 11) is 0. The van der Waals surface area contributed by atoms with E-state index in [1.807, 2.05) is 13.8 Å². The fraction of sp³-hybridized carbons (Fsp3) is 1.00. The maximum Gasteiger partial charge on any atom is 0.391 e. The average molecular weight is 260 g/mol. The highest BCUT2D eigenvalue weighted by atomic mass is 19.4. The van der Waals surface area contributed by atoms with Gasteiger partial charge >= 0.3 is 6.18 Å². The van der Waals surface area contributed by atoms with Crippen molar-refractivity contribution in [3.05, 3.63) is 0 Å². The summed E-state index contributed by atoms with van der Waals surface area (Å²) in [6, 6.07) is 0. The number of hydrogen-bond acceptors (Lipinski definition) is 1. The molecule has 0 aromatic rings. The Balaban J connectivity index is 0. The van der Waals surface area contributed by atoms with Crippen molar-refractivity contribution < 1.29 is 22.3 Å². The van der Waals surface area contributed by atoms with Crippen LogP contribution in [0.1, 0.15) is 52.9 Å². The molecular formula is C12H24F4O. The van der Waals surface area contributed by atoms with Crippen molar-refractivity contribution >= 4 is 0 Å². The minimum atomic E-state index is -4.09. The molecule has 0 aliphatic carbocycles. The SMILES string of the molecule is CCCC[C@H](C)OCCC(F)(F)F.CCCF. The summed E-state index contributed by atoms with van der Waals surface area (Å²) >= 11 is 0. The maximum atomic E-state index is 11.7. The molecule has 0 aliphatic rings. The molecule has 0 amide bonds. The molecule has 106 valence electrons. The first kappa shape index (κ1) is 19.0. The summed E-state index contributed by atoms with van der Waals surface area (Å²) in [6.45, 7) is 5.27. The lowest BCUT2D eigenvalue weighted by molar-refractivity contribution is -0.148. The molecule has 0 saturated heterocycles. The summed E-state index contributed by atoms with van der Waals surface area (Å²) in [4.78, 5) is 0. The van der Waals surface area contributed by atoms with Crippen molar-refractivity contribution in [1.29, 1.82) is 0 Å². The second-order valence-corrected chi connectivity index (χ2v) is 3.88. The molecule has 0 saturated carbocycles. The zero-order chi connectivity index (χ0) is 13.7.